The highest BCUT2D eigenvalue weighted by Gasteiger charge is 2.30. The Balaban J connectivity index is 1.47. The molecule has 2 aliphatic rings. The number of amides is 2. The van der Waals surface area contributed by atoms with Gasteiger partial charge in [0, 0.05) is 43.8 Å². The second kappa shape index (κ2) is 9.31. The summed E-state index contributed by atoms with van der Waals surface area (Å²) in [7, 11) is 0. The standard InChI is InChI=1S/C23H26ClN3O2S/c1-16(28)27-9-8-17-4-2-3-5-19(17)22(27)15-23(29)25-18-6-7-21(20(24)14-18)26-10-12-30-13-11-26/h2-7,14,22H,8-13,15H2,1H3,(H,25,29). The predicted octanol–water partition coefficient (Wildman–Crippen LogP) is 4.37. The quantitative estimate of drug-likeness (QED) is 0.762. The van der Waals surface area contributed by atoms with Gasteiger partial charge in [0.15, 0.2) is 0 Å². The Bertz CT molecular complexity index is 946. The first kappa shape index (κ1) is 21.1. The largest absolute Gasteiger partial charge is 0.369 e. The summed E-state index contributed by atoms with van der Waals surface area (Å²) in [4.78, 5) is 29.1. The molecule has 158 valence electrons. The molecule has 30 heavy (non-hydrogen) atoms. The lowest BCUT2D eigenvalue weighted by Crippen LogP contribution is -2.40. The molecule has 0 aromatic heterocycles. The first-order valence-corrected chi connectivity index (χ1v) is 11.8. The van der Waals surface area contributed by atoms with E-state index in [0.717, 1.165) is 42.3 Å². The van der Waals surface area contributed by atoms with Crippen LogP contribution < -0.4 is 10.2 Å². The van der Waals surface area contributed by atoms with Crippen LogP contribution in [0.15, 0.2) is 42.5 Å². The molecule has 1 N–H and O–H groups in total. The van der Waals surface area contributed by atoms with Gasteiger partial charge in [-0.05, 0) is 35.7 Å². The Kier molecular flexibility index (Phi) is 6.54. The fraction of sp³-hybridized carbons (Fsp3) is 0.391. The van der Waals surface area contributed by atoms with Crippen molar-refractivity contribution in [2.75, 3.05) is 41.4 Å². The van der Waals surface area contributed by atoms with Gasteiger partial charge in [-0.15, -0.1) is 0 Å². The maximum atomic E-state index is 12.9. The molecule has 0 spiro atoms. The number of thioether (sulfide) groups is 1. The maximum Gasteiger partial charge on any atom is 0.226 e. The average Bonchev–Trinajstić information content (AvgIpc) is 2.74. The Morgan fingerprint density at radius 1 is 1.13 bits per heavy atom. The zero-order valence-corrected chi connectivity index (χ0v) is 18.6. The van der Waals surface area contributed by atoms with Crippen molar-refractivity contribution in [1.82, 2.24) is 4.90 Å². The van der Waals surface area contributed by atoms with Crippen molar-refractivity contribution in [3.05, 3.63) is 58.6 Å². The molecule has 2 aliphatic heterocycles. The van der Waals surface area contributed by atoms with Crippen molar-refractivity contribution < 1.29 is 9.59 Å². The van der Waals surface area contributed by atoms with Crippen molar-refractivity contribution in [3.63, 3.8) is 0 Å². The molecule has 2 aromatic rings. The number of nitrogens with zero attached hydrogens (tertiary/aromatic N) is 2. The van der Waals surface area contributed by atoms with Crippen molar-refractivity contribution >= 4 is 46.6 Å². The van der Waals surface area contributed by atoms with E-state index in [4.69, 9.17) is 11.6 Å². The molecular formula is C23H26ClN3O2S. The number of rotatable bonds is 4. The van der Waals surface area contributed by atoms with E-state index < -0.39 is 0 Å². The molecule has 4 rings (SSSR count). The van der Waals surface area contributed by atoms with Crippen LogP contribution in [0.5, 0.6) is 0 Å². The molecule has 0 saturated carbocycles. The van der Waals surface area contributed by atoms with Gasteiger partial charge in [-0.25, -0.2) is 0 Å². The number of fused-ring (bicyclic) bond motifs is 1. The molecule has 5 nitrogen and oxygen atoms in total. The summed E-state index contributed by atoms with van der Waals surface area (Å²) in [5.74, 6) is 2.07. The van der Waals surface area contributed by atoms with Gasteiger partial charge in [0.05, 0.1) is 23.2 Å². The predicted molar refractivity (Wildman–Crippen MR) is 125 cm³/mol. The Morgan fingerprint density at radius 2 is 1.90 bits per heavy atom. The Morgan fingerprint density at radius 3 is 2.63 bits per heavy atom. The Labute approximate surface area is 186 Å². The molecule has 1 saturated heterocycles. The maximum absolute atomic E-state index is 12.9. The molecule has 2 heterocycles. The average molecular weight is 444 g/mol. The highest BCUT2D eigenvalue weighted by Crippen LogP contribution is 2.34. The lowest BCUT2D eigenvalue weighted by atomic mass is 9.90. The molecule has 1 unspecified atom stereocenters. The van der Waals surface area contributed by atoms with E-state index in [2.05, 4.69) is 16.3 Å². The summed E-state index contributed by atoms with van der Waals surface area (Å²) < 4.78 is 0. The van der Waals surface area contributed by atoms with Crippen molar-refractivity contribution in [2.45, 2.75) is 25.8 Å². The van der Waals surface area contributed by atoms with Crippen LogP contribution in [0, 0.1) is 0 Å². The van der Waals surface area contributed by atoms with E-state index in [0.29, 0.717) is 17.3 Å². The highest BCUT2D eigenvalue weighted by atomic mass is 35.5. The number of hydrogen-bond donors (Lipinski definition) is 1. The minimum atomic E-state index is -0.243. The number of carbonyl (C=O) groups is 2. The van der Waals surface area contributed by atoms with Gasteiger partial charge in [0.25, 0.3) is 0 Å². The molecule has 0 bridgehead atoms. The van der Waals surface area contributed by atoms with Crippen molar-refractivity contribution in [2.24, 2.45) is 0 Å². The zero-order valence-electron chi connectivity index (χ0n) is 17.1. The number of carbonyl (C=O) groups excluding carboxylic acids is 2. The summed E-state index contributed by atoms with van der Waals surface area (Å²) in [6.45, 7) is 4.17. The van der Waals surface area contributed by atoms with Crippen LogP contribution in [0.3, 0.4) is 0 Å². The van der Waals surface area contributed by atoms with E-state index in [1.807, 2.05) is 48.2 Å². The first-order chi connectivity index (χ1) is 14.5. The van der Waals surface area contributed by atoms with Gasteiger partial charge in [-0.3, -0.25) is 9.59 Å². The third kappa shape index (κ3) is 4.60. The molecule has 0 aliphatic carbocycles. The van der Waals surface area contributed by atoms with Crippen LogP contribution in [-0.2, 0) is 16.0 Å². The second-order valence-electron chi connectivity index (χ2n) is 7.69. The van der Waals surface area contributed by atoms with Crippen LogP contribution >= 0.6 is 23.4 Å². The summed E-state index contributed by atoms with van der Waals surface area (Å²) in [5.41, 5.74) is 3.96. The van der Waals surface area contributed by atoms with E-state index in [-0.39, 0.29) is 24.3 Å². The van der Waals surface area contributed by atoms with Crippen molar-refractivity contribution in [1.29, 1.82) is 0 Å². The molecule has 2 aromatic carbocycles. The van der Waals surface area contributed by atoms with Gasteiger partial charge < -0.3 is 15.1 Å². The van der Waals surface area contributed by atoms with Gasteiger partial charge in [0.2, 0.25) is 11.8 Å². The zero-order chi connectivity index (χ0) is 21.1. The third-order valence-electron chi connectivity index (χ3n) is 5.78. The lowest BCUT2D eigenvalue weighted by Gasteiger charge is -2.36. The molecule has 1 atom stereocenters. The number of hydrogen-bond acceptors (Lipinski definition) is 4. The number of benzene rings is 2. The fourth-order valence-corrected chi connectivity index (χ4v) is 5.48. The second-order valence-corrected chi connectivity index (χ2v) is 9.33. The number of halogens is 1. The topological polar surface area (TPSA) is 52.7 Å². The Hall–Kier alpha value is -2.18. The van der Waals surface area contributed by atoms with Gasteiger partial charge in [-0.2, -0.15) is 11.8 Å². The van der Waals surface area contributed by atoms with Crippen LogP contribution in [0.25, 0.3) is 0 Å². The van der Waals surface area contributed by atoms with Gasteiger partial charge >= 0.3 is 0 Å². The van der Waals surface area contributed by atoms with E-state index in [1.165, 1.54) is 5.56 Å². The lowest BCUT2D eigenvalue weighted by molar-refractivity contribution is -0.132. The number of anilines is 2. The van der Waals surface area contributed by atoms with Crippen LogP contribution in [-0.4, -0.2) is 47.9 Å². The molecule has 1 fully saturated rings. The molecule has 7 heteroatoms. The van der Waals surface area contributed by atoms with Crippen molar-refractivity contribution in [3.8, 4) is 0 Å². The normalized spacial score (nSPS) is 18.7. The summed E-state index contributed by atoms with van der Waals surface area (Å²) in [6, 6.07) is 13.5. The highest BCUT2D eigenvalue weighted by molar-refractivity contribution is 7.99. The fourth-order valence-electron chi connectivity index (χ4n) is 4.28. The van der Waals surface area contributed by atoms with Crippen LogP contribution in [0.2, 0.25) is 5.02 Å². The third-order valence-corrected chi connectivity index (χ3v) is 7.02. The van der Waals surface area contributed by atoms with E-state index in [9.17, 15) is 9.59 Å². The smallest absolute Gasteiger partial charge is 0.226 e. The minimum absolute atomic E-state index is 0.00519. The SMILES string of the molecule is CC(=O)N1CCc2ccccc2C1CC(=O)Nc1ccc(N2CCSCC2)c(Cl)c1. The summed E-state index contributed by atoms with van der Waals surface area (Å²) >= 11 is 8.47. The van der Waals surface area contributed by atoms with Crippen LogP contribution in [0.4, 0.5) is 11.4 Å². The van der Waals surface area contributed by atoms with E-state index in [1.54, 1.807) is 11.8 Å². The molecule has 0 radical (unpaired) electrons. The van der Waals surface area contributed by atoms with Gasteiger partial charge in [0.1, 0.15) is 0 Å². The minimum Gasteiger partial charge on any atom is -0.369 e. The number of nitrogens with one attached hydrogen (secondary N) is 1. The summed E-state index contributed by atoms with van der Waals surface area (Å²) in [6.07, 6.45) is 1.04. The van der Waals surface area contributed by atoms with Gasteiger partial charge in [-0.1, -0.05) is 35.9 Å². The molecular weight excluding hydrogens is 418 g/mol. The summed E-state index contributed by atoms with van der Waals surface area (Å²) in [5, 5.41) is 3.61. The monoisotopic (exact) mass is 443 g/mol. The van der Waals surface area contributed by atoms with Crippen LogP contribution in [0.1, 0.15) is 30.5 Å². The first-order valence-electron chi connectivity index (χ1n) is 10.3. The molecule has 2 amide bonds. The van der Waals surface area contributed by atoms with E-state index >= 15 is 0 Å².